The van der Waals surface area contributed by atoms with Crippen LogP contribution in [0.1, 0.15) is 33.9 Å². The SMILES string of the molecule is Cc1cc(C=NN2CCN(N=Cc3cc(C)n(-c4ccccc4)c3C)CC2)c(C)n1-c1ccccc1. The Bertz CT molecular complexity index is 1260. The molecule has 1 fully saturated rings. The Labute approximate surface area is 213 Å². The maximum absolute atomic E-state index is 4.79. The van der Waals surface area contributed by atoms with E-state index >= 15 is 0 Å². The summed E-state index contributed by atoms with van der Waals surface area (Å²) in [5.74, 6) is 0. The third-order valence-corrected chi connectivity index (χ3v) is 6.92. The Balaban J connectivity index is 1.21. The number of para-hydroxylation sites is 2. The van der Waals surface area contributed by atoms with Crippen molar-refractivity contribution < 1.29 is 0 Å². The predicted octanol–water partition coefficient (Wildman–Crippen LogP) is 5.49. The van der Waals surface area contributed by atoms with Crippen molar-refractivity contribution in [3.05, 3.63) is 107 Å². The average Bonchev–Trinajstić information content (AvgIpc) is 3.35. The molecule has 0 unspecified atom stereocenters. The van der Waals surface area contributed by atoms with Gasteiger partial charge in [-0.05, 0) is 64.1 Å². The molecule has 2 aromatic carbocycles. The summed E-state index contributed by atoms with van der Waals surface area (Å²) in [6.07, 6.45) is 4.00. The van der Waals surface area contributed by atoms with E-state index in [9.17, 15) is 0 Å². The van der Waals surface area contributed by atoms with Gasteiger partial charge in [0.1, 0.15) is 0 Å². The molecule has 3 heterocycles. The molecule has 0 aliphatic carbocycles. The minimum atomic E-state index is 0.855. The molecule has 1 aliphatic heterocycles. The maximum atomic E-state index is 4.79. The zero-order valence-electron chi connectivity index (χ0n) is 21.6. The smallest absolute Gasteiger partial charge is 0.0561 e. The Morgan fingerprint density at radius 2 is 0.917 bits per heavy atom. The number of hydrazone groups is 2. The van der Waals surface area contributed by atoms with Gasteiger partial charge in [-0.2, -0.15) is 10.2 Å². The summed E-state index contributed by atoms with van der Waals surface area (Å²) in [6, 6.07) is 25.4. The molecule has 0 amide bonds. The van der Waals surface area contributed by atoms with E-state index < -0.39 is 0 Å². The highest BCUT2D eigenvalue weighted by Crippen LogP contribution is 2.21. The summed E-state index contributed by atoms with van der Waals surface area (Å²) in [6.45, 7) is 12.0. The summed E-state index contributed by atoms with van der Waals surface area (Å²) in [7, 11) is 0. The number of aromatic nitrogens is 2. The van der Waals surface area contributed by atoms with Crippen molar-refractivity contribution in [2.45, 2.75) is 27.7 Å². The third kappa shape index (κ3) is 4.85. The second-order valence-corrected chi connectivity index (χ2v) is 9.39. The molecule has 1 aliphatic rings. The van der Waals surface area contributed by atoms with Crippen LogP contribution in [0.25, 0.3) is 11.4 Å². The summed E-state index contributed by atoms with van der Waals surface area (Å²) >= 11 is 0. The number of hydrogen-bond donors (Lipinski definition) is 0. The van der Waals surface area contributed by atoms with E-state index in [0.29, 0.717) is 0 Å². The predicted molar refractivity (Wildman–Crippen MR) is 149 cm³/mol. The van der Waals surface area contributed by atoms with Crippen LogP contribution < -0.4 is 0 Å². The lowest BCUT2D eigenvalue weighted by atomic mass is 10.2. The first-order valence-corrected chi connectivity index (χ1v) is 12.6. The van der Waals surface area contributed by atoms with E-state index in [-0.39, 0.29) is 0 Å². The highest BCUT2D eigenvalue weighted by atomic mass is 15.5. The summed E-state index contributed by atoms with van der Waals surface area (Å²) in [5, 5.41) is 13.9. The molecule has 36 heavy (non-hydrogen) atoms. The molecule has 0 bridgehead atoms. The van der Waals surface area contributed by atoms with Gasteiger partial charge in [-0.3, -0.25) is 10.0 Å². The van der Waals surface area contributed by atoms with Crippen LogP contribution in [-0.4, -0.2) is 57.8 Å². The van der Waals surface area contributed by atoms with E-state index in [1.165, 1.54) is 34.2 Å². The molecule has 5 rings (SSSR count). The van der Waals surface area contributed by atoms with Crippen molar-refractivity contribution >= 4 is 12.4 Å². The zero-order valence-corrected chi connectivity index (χ0v) is 21.6. The molecule has 4 aromatic rings. The van der Waals surface area contributed by atoms with Crippen LogP contribution in [0.15, 0.2) is 83.0 Å². The zero-order chi connectivity index (χ0) is 25.1. The van der Waals surface area contributed by atoms with Crippen LogP contribution in [0.4, 0.5) is 0 Å². The van der Waals surface area contributed by atoms with Crippen molar-refractivity contribution in [3.63, 3.8) is 0 Å². The Morgan fingerprint density at radius 1 is 0.556 bits per heavy atom. The van der Waals surface area contributed by atoms with Gasteiger partial charge < -0.3 is 9.13 Å². The van der Waals surface area contributed by atoms with Gasteiger partial charge in [-0.25, -0.2) is 0 Å². The molecule has 0 radical (unpaired) electrons. The van der Waals surface area contributed by atoms with Crippen LogP contribution in [0.2, 0.25) is 0 Å². The highest BCUT2D eigenvalue weighted by Gasteiger charge is 2.15. The molecular formula is C30H34N6. The topological polar surface area (TPSA) is 41.1 Å². The number of nitrogens with zero attached hydrogens (tertiary/aromatic N) is 6. The van der Waals surface area contributed by atoms with Crippen molar-refractivity contribution in [1.29, 1.82) is 0 Å². The fourth-order valence-electron chi connectivity index (χ4n) is 4.99. The van der Waals surface area contributed by atoms with Gasteiger partial charge in [0.2, 0.25) is 0 Å². The average molecular weight is 479 g/mol. The van der Waals surface area contributed by atoms with Gasteiger partial charge in [0.15, 0.2) is 0 Å². The van der Waals surface area contributed by atoms with E-state index in [0.717, 1.165) is 37.3 Å². The lowest BCUT2D eigenvalue weighted by Gasteiger charge is -2.31. The highest BCUT2D eigenvalue weighted by molar-refractivity contribution is 5.82. The molecule has 1 saturated heterocycles. The summed E-state index contributed by atoms with van der Waals surface area (Å²) in [4.78, 5) is 0. The maximum Gasteiger partial charge on any atom is 0.0561 e. The van der Waals surface area contributed by atoms with E-state index in [4.69, 9.17) is 10.2 Å². The number of rotatable bonds is 6. The van der Waals surface area contributed by atoms with Gasteiger partial charge in [0.05, 0.1) is 38.6 Å². The van der Waals surface area contributed by atoms with E-state index in [1.54, 1.807) is 0 Å². The lowest BCUT2D eigenvalue weighted by molar-refractivity contribution is 0.141. The quantitative estimate of drug-likeness (QED) is 0.344. The van der Waals surface area contributed by atoms with E-state index in [1.807, 2.05) is 24.6 Å². The van der Waals surface area contributed by atoms with Crippen molar-refractivity contribution in [1.82, 2.24) is 19.2 Å². The molecule has 6 nitrogen and oxygen atoms in total. The van der Waals surface area contributed by atoms with Gasteiger partial charge in [0.25, 0.3) is 0 Å². The van der Waals surface area contributed by atoms with Crippen LogP contribution >= 0.6 is 0 Å². The number of benzene rings is 2. The van der Waals surface area contributed by atoms with Gasteiger partial charge in [-0.1, -0.05) is 36.4 Å². The minimum Gasteiger partial charge on any atom is -0.318 e. The molecular weight excluding hydrogens is 444 g/mol. The standard InChI is InChI=1S/C30H34N6/c1-23-19-27(25(3)35(23)29-11-7-5-8-12-29)21-31-33-15-17-34(18-16-33)32-22-28-20-24(2)36(26(28)4)30-13-9-6-10-14-30/h5-14,19-22H,15-18H2,1-4H3. The van der Waals surface area contributed by atoms with Crippen LogP contribution in [0, 0.1) is 27.7 Å². The second-order valence-electron chi connectivity index (χ2n) is 9.39. The third-order valence-electron chi connectivity index (χ3n) is 6.92. The largest absolute Gasteiger partial charge is 0.318 e. The Hall–Kier alpha value is -4.06. The van der Waals surface area contributed by atoms with Crippen LogP contribution in [-0.2, 0) is 0 Å². The summed E-state index contributed by atoms with van der Waals surface area (Å²) < 4.78 is 4.56. The van der Waals surface area contributed by atoms with Crippen LogP contribution in [0.3, 0.4) is 0 Å². The molecule has 0 saturated carbocycles. The molecule has 0 atom stereocenters. The fourth-order valence-corrected chi connectivity index (χ4v) is 4.99. The molecule has 2 aromatic heterocycles. The van der Waals surface area contributed by atoms with Gasteiger partial charge in [-0.15, -0.1) is 0 Å². The number of piperazine rings is 1. The number of aryl methyl sites for hydroxylation is 2. The molecule has 0 spiro atoms. The molecule has 6 heteroatoms. The normalized spacial score (nSPS) is 14.4. The Morgan fingerprint density at radius 3 is 1.28 bits per heavy atom. The van der Waals surface area contributed by atoms with Crippen molar-refractivity contribution in [3.8, 4) is 11.4 Å². The first-order valence-electron chi connectivity index (χ1n) is 12.6. The molecule has 184 valence electrons. The van der Waals surface area contributed by atoms with Gasteiger partial charge >= 0.3 is 0 Å². The minimum absolute atomic E-state index is 0.855. The monoisotopic (exact) mass is 478 g/mol. The van der Waals surface area contributed by atoms with Crippen LogP contribution in [0.5, 0.6) is 0 Å². The Kier molecular flexibility index (Phi) is 6.76. The lowest BCUT2D eigenvalue weighted by Crippen LogP contribution is -2.41. The second kappa shape index (κ2) is 10.3. The van der Waals surface area contributed by atoms with Gasteiger partial charge in [0, 0.05) is 45.3 Å². The van der Waals surface area contributed by atoms with Crippen molar-refractivity contribution in [2.24, 2.45) is 10.2 Å². The first kappa shape index (κ1) is 23.7. The summed E-state index contributed by atoms with van der Waals surface area (Å²) in [5.41, 5.74) is 9.52. The fraction of sp³-hybridized carbons (Fsp3) is 0.267. The molecule has 0 N–H and O–H groups in total. The number of hydrogen-bond acceptors (Lipinski definition) is 4. The van der Waals surface area contributed by atoms with Crippen molar-refractivity contribution in [2.75, 3.05) is 26.2 Å². The van der Waals surface area contributed by atoms with E-state index in [2.05, 4.69) is 108 Å². The first-order chi connectivity index (χ1) is 17.5.